The summed E-state index contributed by atoms with van der Waals surface area (Å²) in [5.41, 5.74) is 1.05. The number of aryl methyl sites for hydroxylation is 1. The molecule has 0 fully saturated rings. The van der Waals surface area contributed by atoms with Crippen molar-refractivity contribution in [3.8, 4) is 11.5 Å². The minimum atomic E-state index is -0.678. The zero-order valence-electron chi connectivity index (χ0n) is 11.2. The summed E-state index contributed by atoms with van der Waals surface area (Å²) in [4.78, 5) is 0. The molecule has 1 rings (SSSR count). The fourth-order valence-electron chi connectivity index (χ4n) is 1.82. The number of methoxy groups -OCH3 is 2. The second-order valence-electron chi connectivity index (χ2n) is 4.27. The lowest BCUT2D eigenvalue weighted by atomic mass is 10.0. The third-order valence-corrected chi connectivity index (χ3v) is 3.04. The summed E-state index contributed by atoms with van der Waals surface area (Å²) in [6.07, 6.45) is 0.462. The van der Waals surface area contributed by atoms with Crippen molar-refractivity contribution in [2.24, 2.45) is 0 Å². The summed E-state index contributed by atoms with van der Waals surface area (Å²) in [6, 6.07) is 5.67. The van der Waals surface area contributed by atoms with E-state index in [1.54, 1.807) is 14.2 Å². The molecule has 1 aromatic carbocycles. The molecule has 0 saturated heterocycles. The molecule has 0 radical (unpaired) electrons. The van der Waals surface area contributed by atoms with Gasteiger partial charge in [-0.05, 0) is 37.0 Å². The van der Waals surface area contributed by atoms with E-state index in [-0.39, 0.29) is 0 Å². The van der Waals surface area contributed by atoms with Crippen LogP contribution < -0.4 is 9.47 Å². The lowest BCUT2D eigenvalue weighted by molar-refractivity contribution is 0.0130. The summed E-state index contributed by atoms with van der Waals surface area (Å²) >= 11 is 0. The molecule has 2 atom stereocenters. The second kappa shape index (κ2) is 7.24. The van der Waals surface area contributed by atoms with Gasteiger partial charge >= 0.3 is 0 Å². The van der Waals surface area contributed by atoms with Gasteiger partial charge in [0, 0.05) is 0 Å². The molecule has 0 saturated carbocycles. The maximum Gasteiger partial charge on any atom is 0.160 e. The summed E-state index contributed by atoms with van der Waals surface area (Å²) in [5.74, 6) is 1.37. The number of aliphatic hydroxyl groups excluding tert-OH is 2. The Hall–Kier alpha value is -1.26. The van der Waals surface area contributed by atoms with Gasteiger partial charge in [-0.1, -0.05) is 13.0 Å². The zero-order chi connectivity index (χ0) is 13.5. The first-order valence-corrected chi connectivity index (χ1v) is 6.19. The van der Waals surface area contributed by atoms with Gasteiger partial charge in [0.15, 0.2) is 11.5 Å². The number of aliphatic hydroxyl groups is 2. The first-order valence-electron chi connectivity index (χ1n) is 6.19. The van der Waals surface area contributed by atoms with Crippen molar-refractivity contribution in [3.63, 3.8) is 0 Å². The minimum Gasteiger partial charge on any atom is -0.493 e. The summed E-state index contributed by atoms with van der Waals surface area (Å²) in [7, 11) is 3.19. The Bertz CT molecular complexity index is 365. The Morgan fingerprint density at radius 3 is 2.28 bits per heavy atom. The predicted molar refractivity (Wildman–Crippen MR) is 70.2 cm³/mol. The maximum atomic E-state index is 9.70. The Kier molecular flexibility index (Phi) is 5.95. The summed E-state index contributed by atoms with van der Waals surface area (Å²) in [5, 5.41) is 19.2. The van der Waals surface area contributed by atoms with Gasteiger partial charge in [0.1, 0.15) is 0 Å². The van der Waals surface area contributed by atoms with Gasteiger partial charge in [-0.3, -0.25) is 0 Å². The van der Waals surface area contributed by atoms with Gasteiger partial charge in [0.2, 0.25) is 0 Å². The highest BCUT2D eigenvalue weighted by Gasteiger charge is 2.14. The number of ether oxygens (including phenoxy) is 2. The Morgan fingerprint density at radius 1 is 1.06 bits per heavy atom. The smallest absolute Gasteiger partial charge is 0.160 e. The highest BCUT2D eigenvalue weighted by Crippen LogP contribution is 2.28. The highest BCUT2D eigenvalue weighted by molar-refractivity contribution is 5.42. The van der Waals surface area contributed by atoms with Crippen LogP contribution in [-0.2, 0) is 6.42 Å². The van der Waals surface area contributed by atoms with E-state index in [1.807, 2.05) is 25.1 Å². The van der Waals surface area contributed by atoms with Crippen molar-refractivity contribution in [1.82, 2.24) is 0 Å². The fourth-order valence-corrected chi connectivity index (χ4v) is 1.82. The van der Waals surface area contributed by atoms with Gasteiger partial charge in [0.05, 0.1) is 26.4 Å². The topological polar surface area (TPSA) is 58.9 Å². The third-order valence-electron chi connectivity index (χ3n) is 3.04. The van der Waals surface area contributed by atoms with Crippen molar-refractivity contribution in [1.29, 1.82) is 0 Å². The Balaban J connectivity index is 2.63. The van der Waals surface area contributed by atoms with Gasteiger partial charge < -0.3 is 19.7 Å². The number of hydrogen-bond acceptors (Lipinski definition) is 4. The molecule has 0 heterocycles. The van der Waals surface area contributed by atoms with E-state index in [4.69, 9.17) is 9.47 Å². The van der Waals surface area contributed by atoms with Crippen molar-refractivity contribution in [3.05, 3.63) is 23.8 Å². The lowest BCUT2D eigenvalue weighted by Crippen LogP contribution is -2.25. The SMILES string of the molecule is CCC(O)C(O)CCc1ccc(OC)c(OC)c1. The van der Waals surface area contributed by atoms with E-state index in [2.05, 4.69) is 0 Å². The Labute approximate surface area is 108 Å². The minimum absolute atomic E-state index is 0.532. The van der Waals surface area contributed by atoms with Gasteiger partial charge in [-0.2, -0.15) is 0 Å². The molecule has 0 spiro atoms. The average molecular weight is 254 g/mol. The monoisotopic (exact) mass is 254 g/mol. The second-order valence-corrected chi connectivity index (χ2v) is 4.27. The van der Waals surface area contributed by atoms with E-state index in [0.29, 0.717) is 30.8 Å². The van der Waals surface area contributed by atoms with E-state index in [0.717, 1.165) is 5.56 Å². The van der Waals surface area contributed by atoms with E-state index < -0.39 is 12.2 Å². The molecule has 4 nitrogen and oxygen atoms in total. The normalized spacial score (nSPS) is 14.1. The predicted octanol–water partition coefficient (Wildman–Crippen LogP) is 1.77. The van der Waals surface area contributed by atoms with Crippen molar-refractivity contribution in [2.45, 2.75) is 38.4 Å². The van der Waals surface area contributed by atoms with Crippen LogP contribution in [0.5, 0.6) is 11.5 Å². The first kappa shape index (κ1) is 14.8. The van der Waals surface area contributed by atoms with Crippen LogP contribution in [0.3, 0.4) is 0 Å². The van der Waals surface area contributed by atoms with Crippen LogP contribution >= 0.6 is 0 Å². The molecule has 0 aliphatic heterocycles. The number of rotatable bonds is 7. The molecule has 18 heavy (non-hydrogen) atoms. The quantitative estimate of drug-likeness (QED) is 0.778. The number of hydrogen-bond donors (Lipinski definition) is 2. The zero-order valence-corrected chi connectivity index (χ0v) is 11.2. The first-order chi connectivity index (χ1) is 8.62. The largest absolute Gasteiger partial charge is 0.493 e. The lowest BCUT2D eigenvalue weighted by Gasteiger charge is -2.16. The van der Waals surface area contributed by atoms with Crippen LogP contribution in [0.2, 0.25) is 0 Å². The molecule has 102 valence electrons. The van der Waals surface area contributed by atoms with Crippen molar-refractivity contribution >= 4 is 0 Å². The van der Waals surface area contributed by atoms with Crippen LogP contribution in [0.1, 0.15) is 25.3 Å². The Morgan fingerprint density at radius 2 is 1.72 bits per heavy atom. The third kappa shape index (κ3) is 3.89. The highest BCUT2D eigenvalue weighted by atomic mass is 16.5. The van der Waals surface area contributed by atoms with Crippen LogP contribution in [0.15, 0.2) is 18.2 Å². The van der Waals surface area contributed by atoms with E-state index in [9.17, 15) is 10.2 Å². The maximum absolute atomic E-state index is 9.70. The van der Waals surface area contributed by atoms with Crippen molar-refractivity contribution < 1.29 is 19.7 Å². The number of benzene rings is 1. The van der Waals surface area contributed by atoms with Crippen LogP contribution in [0.25, 0.3) is 0 Å². The molecular formula is C14H22O4. The van der Waals surface area contributed by atoms with Gasteiger partial charge in [0.25, 0.3) is 0 Å². The molecule has 0 bridgehead atoms. The van der Waals surface area contributed by atoms with Gasteiger partial charge in [-0.25, -0.2) is 0 Å². The van der Waals surface area contributed by atoms with Crippen LogP contribution in [0.4, 0.5) is 0 Å². The molecular weight excluding hydrogens is 232 g/mol. The average Bonchev–Trinajstić information content (AvgIpc) is 2.43. The molecule has 2 unspecified atom stereocenters. The molecule has 0 aliphatic rings. The molecule has 0 amide bonds. The van der Waals surface area contributed by atoms with Crippen LogP contribution in [0, 0.1) is 0 Å². The molecule has 1 aromatic rings. The molecule has 0 aliphatic carbocycles. The standard InChI is InChI=1S/C14H22O4/c1-4-11(15)12(16)7-5-10-6-8-13(17-2)14(9-10)18-3/h6,8-9,11-12,15-16H,4-5,7H2,1-3H3. The van der Waals surface area contributed by atoms with E-state index in [1.165, 1.54) is 0 Å². The van der Waals surface area contributed by atoms with E-state index >= 15 is 0 Å². The van der Waals surface area contributed by atoms with Gasteiger partial charge in [-0.15, -0.1) is 0 Å². The molecule has 2 N–H and O–H groups in total. The fraction of sp³-hybridized carbons (Fsp3) is 0.571. The summed E-state index contributed by atoms with van der Waals surface area (Å²) in [6.45, 7) is 1.85. The van der Waals surface area contributed by atoms with Crippen LogP contribution in [-0.4, -0.2) is 36.6 Å². The molecule has 4 heteroatoms. The summed E-state index contributed by atoms with van der Waals surface area (Å²) < 4.78 is 10.4. The molecule has 0 aromatic heterocycles. The van der Waals surface area contributed by atoms with Crippen molar-refractivity contribution in [2.75, 3.05) is 14.2 Å².